The van der Waals surface area contributed by atoms with E-state index in [4.69, 9.17) is 11.0 Å². The Morgan fingerprint density at radius 1 is 1.35 bits per heavy atom. The Balaban J connectivity index is 2.30. The van der Waals surface area contributed by atoms with Crippen LogP contribution in [0.3, 0.4) is 0 Å². The van der Waals surface area contributed by atoms with Gasteiger partial charge in [-0.3, -0.25) is 10.1 Å². The van der Waals surface area contributed by atoms with Gasteiger partial charge in [0, 0.05) is 5.69 Å². The number of nitrogens with one attached hydrogen (secondary N) is 1. The number of halogens is 1. The van der Waals surface area contributed by atoms with Crippen molar-refractivity contribution in [2.24, 2.45) is 0 Å². The van der Waals surface area contributed by atoms with E-state index in [1.165, 1.54) is 0 Å². The molecule has 0 aliphatic carbocycles. The fourth-order valence-electron chi connectivity index (χ4n) is 1.43. The molecule has 8 nitrogen and oxygen atoms in total. The molecule has 0 aliphatic heterocycles. The summed E-state index contributed by atoms with van der Waals surface area (Å²) >= 11 is 2.98. The molecule has 0 atom stereocenters. The molecule has 0 unspecified atom stereocenters. The molecule has 0 aliphatic rings. The van der Waals surface area contributed by atoms with Crippen LogP contribution in [-0.2, 0) is 0 Å². The Bertz CT molecular complexity index is 687. The highest BCUT2D eigenvalue weighted by Gasteiger charge is 2.21. The lowest BCUT2D eigenvalue weighted by Gasteiger charge is -2.06. The van der Waals surface area contributed by atoms with E-state index < -0.39 is 4.92 Å². The molecule has 0 radical (unpaired) electrons. The fourth-order valence-corrected chi connectivity index (χ4v) is 1.94. The molecule has 0 spiro atoms. The van der Waals surface area contributed by atoms with E-state index in [0.29, 0.717) is 11.3 Å². The zero-order chi connectivity index (χ0) is 14.7. The van der Waals surface area contributed by atoms with Crippen LogP contribution in [-0.4, -0.2) is 14.9 Å². The summed E-state index contributed by atoms with van der Waals surface area (Å²) < 4.78 is -0.00820. The molecule has 9 heteroatoms. The van der Waals surface area contributed by atoms with Crippen LogP contribution in [0.25, 0.3) is 0 Å². The molecule has 1 aromatic heterocycles. The van der Waals surface area contributed by atoms with Crippen LogP contribution in [0.15, 0.2) is 28.9 Å². The number of aromatic nitrogens is 2. The predicted molar refractivity (Wildman–Crippen MR) is 75.2 cm³/mol. The monoisotopic (exact) mass is 334 g/mol. The molecule has 0 fully saturated rings. The van der Waals surface area contributed by atoms with Gasteiger partial charge in [0.15, 0.2) is 4.60 Å². The number of hydrogen-bond acceptors (Lipinski definition) is 7. The number of nitrogens with two attached hydrogens (primary N) is 1. The molecular weight excluding hydrogens is 328 g/mol. The first kappa shape index (κ1) is 13.7. The number of rotatable bonds is 3. The molecule has 2 aromatic rings. The molecule has 1 aromatic carbocycles. The van der Waals surface area contributed by atoms with Gasteiger partial charge in [-0.15, -0.1) is 0 Å². The molecule has 100 valence electrons. The highest BCUT2D eigenvalue weighted by atomic mass is 79.9. The number of hydrogen-bond donors (Lipinski definition) is 2. The molecular formula is C11H7BrN6O2. The van der Waals surface area contributed by atoms with Gasteiger partial charge in [-0.2, -0.15) is 15.2 Å². The number of nitriles is 1. The summed E-state index contributed by atoms with van der Waals surface area (Å²) in [4.78, 5) is 17.8. The van der Waals surface area contributed by atoms with Crippen molar-refractivity contribution in [2.45, 2.75) is 0 Å². The van der Waals surface area contributed by atoms with Crippen LogP contribution < -0.4 is 11.1 Å². The van der Waals surface area contributed by atoms with Crippen molar-refractivity contribution in [3.63, 3.8) is 0 Å². The Morgan fingerprint density at radius 2 is 2.00 bits per heavy atom. The topological polar surface area (TPSA) is 131 Å². The van der Waals surface area contributed by atoms with Gasteiger partial charge < -0.3 is 11.1 Å². The molecule has 2 rings (SSSR count). The van der Waals surface area contributed by atoms with Crippen molar-refractivity contribution in [2.75, 3.05) is 11.1 Å². The molecule has 0 saturated heterocycles. The largest absolute Gasteiger partial charge is 0.378 e. The first-order valence-electron chi connectivity index (χ1n) is 5.26. The van der Waals surface area contributed by atoms with E-state index in [0.717, 1.165) is 0 Å². The Labute approximate surface area is 121 Å². The van der Waals surface area contributed by atoms with Crippen molar-refractivity contribution in [1.29, 1.82) is 5.26 Å². The lowest BCUT2D eigenvalue weighted by Crippen LogP contribution is -2.05. The second-order valence-corrected chi connectivity index (χ2v) is 4.39. The fraction of sp³-hybridized carbons (Fsp3) is 0. The normalized spacial score (nSPS) is 9.80. The average molecular weight is 335 g/mol. The minimum absolute atomic E-state index is 0.00820. The van der Waals surface area contributed by atoms with Crippen LogP contribution in [0.5, 0.6) is 0 Å². The second-order valence-electron chi connectivity index (χ2n) is 3.64. The van der Waals surface area contributed by atoms with Crippen LogP contribution >= 0.6 is 15.9 Å². The van der Waals surface area contributed by atoms with E-state index in [9.17, 15) is 10.1 Å². The Kier molecular flexibility index (Phi) is 3.76. The minimum atomic E-state index is -0.662. The van der Waals surface area contributed by atoms with E-state index in [1.54, 1.807) is 24.3 Å². The van der Waals surface area contributed by atoms with E-state index in [1.807, 2.05) is 6.07 Å². The van der Waals surface area contributed by atoms with Gasteiger partial charge in [-0.1, -0.05) is 0 Å². The summed E-state index contributed by atoms with van der Waals surface area (Å²) in [5, 5.41) is 22.3. The van der Waals surface area contributed by atoms with Crippen LogP contribution in [0, 0.1) is 21.4 Å². The van der Waals surface area contributed by atoms with Crippen molar-refractivity contribution in [3.8, 4) is 6.07 Å². The maximum atomic E-state index is 10.7. The van der Waals surface area contributed by atoms with E-state index >= 15 is 0 Å². The lowest BCUT2D eigenvalue weighted by molar-refractivity contribution is -0.385. The molecule has 20 heavy (non-hydrogen) atoms. The summed E-state index contributed by atoms with van der Waals surface area (Å²) in [6, 6.07) is 8.55. The summed E-state index contributed by atoms with van der Waals surface area (Å²) in [5.41, 5.74) is 6.28. The zero-order valence-electron chi connectivity index (χ0n) is 9.87. The first-order chi connectivity index (χ1) is 9.51. The number of nitrogens with zero attached hydrogens (tertiary/aromatic N) is 4. The third-order valence-corrected chi connectivity index (χ3v) is 2.87. The van der Waals surface area contributed by atoms with Gasteiger partial charge in [-0.05, 0) is 40.2 Å². The van der Waals surface area contributed by atoms with Gasteiger partial charge >= 0.3 is 5.69 Å². The predicted octanol–water partition coefficient (Wildman–Crippen LogP) is 2.34. The third kappa shape index (κ3) is 2.81. The van der Waals surface area contributed by atoms with Crippen molar-refractivity contribution < 1.29 is 4.92 Å². The van der Waals surface area contributed by atoms with Crippen molar-refractivity contribution in [3.05, 3.63) is 44.5 Å². The van der Waals surface area contributed by atoms with Gasteiger partial charge in [0.25, 0.3) is 0 Å². The third-order valence-electron chi connectivity index (χ3n) is 2.32. The number of nitro groups is 1. The lowest BCUT2D eigenvalue weighted by atomic mass is 10.2. The highest BCUT2D eigenvalue weighted by molar-refractivity contribution is 9.10. The summed E-state index contributed by atoms with van der Waals surface area (Å²) in [6.07, 6.45) is 0. The minimum Gasteiger partial charge on any atom is -0.378 e. The van der Waals surface area contributed by atoms with E-state index in [2.05, 4.69) is 31.2 Å². The van der Waals surface area contributed by atoms with Crippen LogP contribution in [0.1, 0.15) is 5.56 Å². The van der Waals surface area contributed by atoms with Gasteiger partial charge in [0.2, 0.25) is 11.8 Å². The van der Waals surface area contributed by atoms with Crippen LogP contribution in [0.2, 0.25) is 0 Å². The van der Waals surface area contributed by atoms with Gasteiger partial charge in [0.05, 0.1) is 16.6 Å². The molecule has 0 saturated carbocycles. The molecule has 1 heterocycles. The quantitative estimate of drug-likeness (QED) is 0.500. The van der Waals surface area contributed by atoms with Crippen molar-refractivity contribution in [1.82, 2.24) is 9.97 Å². The maximum Gasteiger partial charge on any atom is 0.343 e. The standard InChI is InChI=1S/C11H7BrN6O2/c12-9-8(18(19)20)10(14)17-11(16-9)15-7-3-1-6(5-13)2-4-7/h1-4H,(H3,14,15,16,17). The maximum absolute atomic E-state index is 10.7. The van der Waals surface area contributed by atoms with Gasteiger partial charge in [0.1, 0.15) is 0 Å². The van der Waals surface area contributed by atoms with E-state index in [-0.39, 0.29) is 22.1 Å². The summed E-state index contributed by atoms with van der Waals surface area (Å²) in [5.74, 6) is -0.127. The average Bonchev–Trinajstić information content (AvgIpc) is 2.38. The molecule has 0 amide bonds. The smallest absolute Gasteiger partial charge is 0.343 e. The summed E-state index contributed by atoms with van der Waals surface area (Å²) in [7, 11) is 0. The molecule has 3 N–H and O–H groups in total. The Hall–Kier alpha value is -2.73. The number of anilines is 3. The second kappa shape index (κ2) is 5.50. The number of benzene rings is 1. The van der Waals surface area contributed by atoms with Gasteiger partial charge in [-0.25, -0.2) is 0 Å². The number of nitrogen functional groups attached to an aromatic ring is 1. The van der Waals surface area contributed by atoms with Crippen molar-refractivity contribution >= 4 is 39.1 Å². The first-order valence-corrected chi connectivity index (χ1v) is 6.05. The van der Waals surface area contributed by atoms with Crippen LogP contribution in [0.4, 0.5) is 23.1 Å². The zero-order valence-corrected chi connectivity index (χ0v) is 11.5. The summed E-state index contributed by atoms with van der Waals surface area (Å²) in [6.45, 7) is 0. The molecule has 0 bridgehead atoms. The highest BCUT2D eigenvalue weighted by Crippen LogP contribution is 2.29. The SMILES string of the molecule is N#Cc1ccc(Nc2nc(N)c([N+](=O)[O-])c(Br)n2)cc1. The Morgan fingerprint density at radius 3 is 2.50 bits per heavy atom.